The Morgan fingerprint density at radius 1 is 1.37 bits per heavy atom. The van der Waals surface area contributed by atoms with Crippen molar-refractivity contribution >= 4 is 0 Å². The molecule has 0 saturated carbocycles. The highest BCUT2D eigenvalue weighted by Gasteiger charge is 2.47. The van der Waals surface area contributed by atoms with Gasteiger partial charge in [-0.2, -0.15) is 0 Å². The molecule has 0 amide bonds. The molecule has 1 aliphatic rings. The number of aromatic nitrogens is 2. The van der Waals surface area contributed by atoms with Crippen LogP contribution in [-0.2, 0) is 4.74 Å². The van der Waals surface area contributed by atoms with E-state index in [0.29, 0.717) is 4.57 Å². The van der Waals surface area contributed by atoms with Crippen molar-refractivity contribution < 1.29 is 25.2 Å². The number of nitrogens with zero attached hydrogens (tertiary/aromatic N) is 1. The second-order valence-electron chi connectivity index (χ2n) is 4.21. The van der Waals surface area contributed by atoms with Crippen LogP contribution in [0.3, 0.4) is 0 Å². The minimum absolute atomic E-state index is 0.595. The summed E-state index contributed by atoms with van der Waals surface area (Å²) in [5, 5.41) is 37.7. The highest BCUT2D eigenvalue weighted by molar-refractivity contribution is 4.95. The first-order valence-corrected chi connectivity index (χ1v) is 5.58. The summed E-state index contributed by atoms with van der Waals surface area (Å²) < 4.78 is 5.71. The lowest BCUT2D eigenvalue weighted by atomic mass is 10.1. The third kappa shape index (κ3) is 2.33. The maximum atomic E-state index is 11.6. The van der Waals surface area contributed by atoms with E-state index in [4.69, 9.17) is 9.84 Å². The lowest BCUT2D eigenvalue weighted by Gasteiger charge is -2.18. The Labute approximate surface area is 106 Å². The molecule has 5 atom stereocenters. The summed E-state index contributed by atoms with van der Waals surface area (Å²) in [6.45, 7) is -0.693. The molecule has 0 radical (unpaired) electrons. The topological polar surface area (TPSA) is 145 Å². The number of aromatic amines is 1. The minimum atomic E-state index is -1.58. The van der Waals surface area contributed by atoms with Crippen LogP contribution in [0.1, 0.15) is 6.23 Å². The summed E-state index contributed by atoms with van der Waals surface area (Å²) in [5.41, 5.74) is -1.54. The van der Waals surface area contributed by atoms with E-state index in [0.717, 1.165) is 12.3 Å². The normalized spacial score (nSPS) is 32.4. The highest BCUT2D eigenvalue weighted by atomic mass is 16.6. The fraction of sp³-hybridized carbons (Fsp3) is 0.600. The molecule has 2 heterocycles. The number of hydrogen-bond acceptors (Lipinski definition) is 7. The first-order valence-electron chi connectivity index (χ1n) is 5.58. The van der Waals surface area contributed by atoms with Gasteiger partial charge in [0.15, 0.2) is 6.23 Å². The van der Waals surface area contributed by atoms with E-state index in [1.165, 1.54) is 0 Å². The molecule has 9 heteroatoms. The van der Waals surface area contributed by atoms with Gasteiger partial charge in [0, 0.05) is 12.3 Å². The summed E-state index contributed by atoms with van der Waals surface area (Å²) in [5.74, 6) is 0. The number of aliphatic hydroxyl groups excluding tert-OH is 4. The van der Waals surface area contributed by atoms with Crippen molar-refractivity contribution in [3.05, 3.63) is 33.1 Å². The second kappa shape index (κ2) is 5.23. The lowest BCUT2D eigenvalue weighted by molar-refractivity contribution is -0.0989. The molecule has 0 aromatic carbocycles. The summed E-state index contributed by atoms with van der Waals surface area (Å²) in [6, 6.07) is 1.06. The van der Waals surface area contributed by atoms with Crippen molar-refractivity contribution in [1.29, 1.82) is 0 Å². The number of nitrogens with one attached hydrogen (secondary N) is 1. The summed E-state index contributed by atoms with van der Waals surface area (Å²) in [4.78, 5) is 25.4. The minimum Gasteiger partial charge on any atom is -0.394 e. The summed E-state index contributed by atoms with van der Waals surface area (Å²) >= 11 is 0. The Balaban J connectivity index is 2.37. The van der Waals surface area contributed by atoms with E-state index in [1.54, 1.807) is 0 Å². The lowest BCUT2D eigenvalue weighted by Crippen LogP contribution is -2.42. The molecule has 1 aromatic rings. The summed E-state index contributed by atoms with van der Waals surface area (Å²) in [7, 11) is 0. The van der Waals surface area contributed by atoms with Crippen LogP contribution >= 0.6 is 0 Å². The number of hydrogen-bond donors (Lipinski definition) is 5. The molecule has 0 aliphatic carbocycles. The molecule has 9 nitrogen and oxygen atoms in total. The Morgan fingerprint density at radius 2 is 2.05 bits per heavy atom. The Kier molecular flexibility index (Phi) is 3.83. The van der Waals surface area contributed by atoms with Crippen molar-refractivity contribution in [2.45, 2.75) is 30.6 Å². The average Bonchev–Trinajstić information content (AvgIpc) is 2.66. The second-order valence-corrected chi connectivity index (χ2v) is 4.21. The zero-order chi connectivity index (χ0) is 14.2. The standard InChI is InChI=1S/C10H14N2O7/c13-3-4(14)8-6(16)7(17)9(19-8)12-5(15)1-2-11-10(12)18/h1-2,4,6-9,13-14,16-17H,3H2,(H,11,18)/t4-,6-,7-,8-,9?/m1/s1. The first-order chi connectivity index (χ1) is 8.97. The fourth-order valence-electron chi connectivity index (χ4n) is 2.00. The van der Waals surface area contributed by atoms with Gasteiger partial charge in [-0.1, -0.05) is 0 Å². The van der Waals surface area contributed by atoms with Crippen LogP contribution in [0.5, 0.6) is 0 Å². The Hall–Kier alpha value is -1.52. The molecule has 5 N–H and O–H groups in total. The van der Waals surface area contributed by atoms with Crippen molar-refractivity contribution in [1.82, 2.24) is 9.55 Å². The first kappa shape index (κ1) is 13.9. The SMILES string of the molecule is O=c1cc[nH]c(=O)n1C1O[C@H]([C@H](O)CO)[C@H](O)[C@H]1O. The predicted octanol–water partition coefficient (Wildman–Crippen LogP) is -3.49. The third-order valence-corrected chi connectivity index (χ3v) is 2.98. The van der Waals surface area contributed by atoms with Crippen LogP contribution in [-0.4, -0.2) is 61.0 Å². The third-order valence-electron chi connectivity index (χ3n) is 2.98. The van der Waals surface area contributed by atoms with Gasteiger partial charge in [-0.05, 0) is 0 Å². The van der Waals surface area contributed by atoms with E-state index in [9.17, 15) is 24.9 Å². The van der Waals surface area contributed by atoms with E-state index in [-0.39, 0.29) is 0 Å². The predicted molar refractivity (Wildman–Crippen MR) is 60.3 cm³/mol. The van der Waals surface area contributed by atoms with Crippen molar-refractivity contribution in [2.24, 2.45) is 0 Å². The van der Waals surface area contributed by atoms with Crippen molar-refractivity contribution in [2.75, 3.05) is 6.61 Å². The van der Waals surface area contributed by atoms with E-state index in [2.05, 4.69) is 4.98 Å². The van der Waals surface area contributed by atoms with E-state index >= 15 is 0 Å². The molecule has 1 aromatic heterocycles. The van der Waals surface area contributed by atoms with Gasteiger partial charge in [-0.25, -0.2) is 9.36 Å². The highest BCUT2D eigenvalue weighted by Crippen LogP contribution is 2.29. The van der Waals surface area contributed by atoms with Gasteiger partial charge in [0.1, 0.15) is 24.4 Å². The molecular formula is C10H14N2O7. The van der Waals surface area contributed by atoms with Crippen LogP contribution in [0.15, 0.2) is 21.9 Å². The van der Waals surface area contributed by atoms with Gasteiger partial charge in [-0.15, -0.1) is 0 Å². The molecule has 19 heavy (non-hydrogen) atoms. The molecule has 106 valence electrons. The maximum Gasteiger partial charge on any atom is 0.330 e. The van der Waals surface area contributed by atoms with Gasteiger partial charge in [0.05, 0.1) is 6.61 Å². The molecule has 1 fully saturated rings. The van der Waals surface area contributed by atoms with Gasteiger partial charge in [-0.3, -0.25) is 4.79 Å². The van der Waals surface area contributed by atoms with Gasteiger partial charge in [0.25, 0.3) is 5.56 Å². The van der Waals surface area contributed by atoms with Gasteiger partial charge >= 0.3 is 5.69 Å². The molecule has 0 spiro atoms. The number of ether oxygens (including phenoxy) is 1. The maximum absolute atomic E-state index is 11.6. The molecule has 1 saturated heterocycles. The Morgan fingerprint density at radius 3 is 2.63 bits per heavy atom. The van der Waals surface area contributed by atoms with Crippen molar-refractivity contribution in [3.63, 3.8) is 0 Å². The number of H-pyrrole nitrogens is 1. The molecule has 2 rings (SSSR count). The molecule has 0 bridgehead atoms. The van der Waals surface area contributed by atoms with Crippen LogP contribution < -0.4 is 11.2 Å². The Bertz CT molecular complexity index is 525. The van der Waals surface area contributed by atoms with Crippen LogP contribution in [0, 0.1) is 0 Å². The zero-order valence-corrected chi connectivity index (χ0v) is 9.71. The van der Waals surface area contributed by atoms with Gasteiger partial charge in [0.2, 0.25) is 0 Å². The zero-order valence-electron chi connectivity index (χ0n) is 9.71. The van der Waals surface area contributed by atoms with Crippen molar-refractivity contribution in [3.8, 4) is 0 Å². The number of aliphatic hydroxyl groups is 4. The molecular weight excluding hydrogens is 260 g/mol. The molecule has 1 aliphatic heterocycles. The van der Waals surface area contributed by atoms with Crippen LogP contribution in [0.4, 0.5) is 0 Å². The van der Waals surface area contributed by atoms with Crippen LogP contribution in [0.2, 0.25) is 0 Å². The molecule has 1 unspecified atom stereocenters. The smallest absolute Gasteiger partial charge is 0.330 e. The summed E-state index contributed by atoms with van der Waals surface area (Å²) in [6.07, 6.45) is -6.13. The largest absolute Gasteiger partial charge is 0.394 e. The van der Waals surface area contributed by atoms with Gasteiger partial charge < -0.3 is 30.1 Å². The van der Waals surface area contributed by atoms with E-state index < -0.39 is 48.5 Å². The van der Waals surface area contributed by atoms with Crippen LogP contribution in [0.25, 0.3) is 0 Å². The van der Waals surface area contributed by atoms with E-state index in [1.807, 2.05) is 0 Å². The monoisotopic (exact) mass is 274 g/mol. The average molecular weight is 274 g/mol. The fourth-order valence-corrected chi connectivity index (χ4v) is 2.00. The number of rotatable bonds is 3. The quantitative estimate of drug-likeness (QED) is 0.384.